The molecule has 6 heteroatoms. The zero-order chi connectivity index (χ0) is 16.4. The number of anilines is 1. The molecule has 1 fully saturated rings. The summed E-state index contributed by atoms with van der Waals surface area (Å²) in [6.07, 6.45) is 2.36. The summed E-state index contributed by atoms with van der Waals surface area (Å²) in [7, 11) is 0. The predicted molar refractivity (Wildman–Crippen MR) is 89.4 cm³/mol. The molecule has 1 amide bonds. The molecule has 5 nitrogen and oxygen atoms in total. The third-order valence-corrected chi connectivity index (χ3v) is 4.28. The number of carbonyl (C=O) groups is 1. The van der Waals surface area contributed by atoms with E-state index in [0.29, 0.717) is 17.5 Å². The standard InChI is InChI=1S/C17H20ClN3O2/c1-10-9-15(21-23-10)20-17(22)11(2)19-16(12-3-4-12)13-5-7-14(18)8-6-13/h5-9,11-12,16,19H,3-4H2,1-2H3,(H,20,21,22)/t11-,16-/m0/s1. The van der Waals surface area contributed by atoms with Crippen molar-refractivity contribution in [3.8, 4) is 0 Å². The maximum absolute atomic E-state index is 12.3. The summed E-state index contributed by atoms with van der Waals surface area (Å²) < 4.78 is 4.96. The number of aryl methyl sites for hydroxylation is 1. The van der Waals surface area contributed by atoms with Gasteiger partial charge in [-0.05, 0) is 50.3 Å². The molecule has 1 saturated carbocycles. The van der Waals surface area contributed by atoms with Crippen molar-refractivity contribution >= 4 is 23.3 Å². The normalized spacial score (nSPS) is 16.8. The predicted octanol–water partition coefficient (Wildman–Crippen LogP) is 3.70. The quantitative estimate of drug-likeness (QED) is 0.845. The van der Waals surface area contributed by atoms with Gasteiger partial charge in [-0.1, -0.05) is 28.9 Å². The van der Waals surface area contributed by atoms with Crippen LogP contribution < -0.4 is 10.6 Å². The van der Waals surface area contributed by atoms with E-state index in [1.54, 1.807) is 13.0 Å². The zero-order valence-corrected chi connectivity index (χ0v) is 13.9. The smallest absolute Gasteiger partial charge is 0.242 e. The van der Waals surface area contributed by atoms with Gasteiger partial charge in [-0.25, -0.2) is 0 Å². The van der Waals surface area contributed by atoms with E-state index in [2.05, 4.69) is 15.8 Å². The van der Waals surface area contributed by atoms with Gasteiger partial charge in [0, 0.05) is 17.1 Å². The first-order chi connectivity index (χ1) is 11.0. The van der Waals surface area contributed by atoms with Gasteiger partial charge in [-0.2, -0.15) is 0 Å². The van der Waals surface area contributed by atoms with Crippen molar-refractivity contribution in [1.29, 1.82) is 0 Å². The number of hydrogen-bond donors (Lipinski definition) is 2. The second kappa shape index (κ2) is 6.72. The van der Waals surface area contributed by atoms with Crippen molar-refractivity contribution < 1.29 is 9.32 Å². The van der Waals surface area contributed by atoms with Crippen LogP contribution in [0.3, 0.4) is 0 Å². The van der Waals surface area contributed by atoms with Gasteiger partial charge >= 0.3 is 0 Å². The lowest BCUT2D eigenvalue weighted by Crippen LogP contribution is -2.41. The Kier molecular flexibility index (Phi) is 4.68. The Morgan fingerprint density at radius 1 is 1.35 bits per heavy atom. The molecule has 1 aliphatic carbocycles. The monoisotopic (exact) mass is 333 g/mol. The Hall–Kier alpha value is -1.85. The van der Waals surface area contributed by atoms with Crippen LogP contribution in [0.15, 0.2) is 34.9 Å². The van der Waals surface area contributed by atoms with E-state index in [4.69, 9.17) is 16.1 Å². The largest absolute Gasteiger partial charge is 0.360 e. The van der Waals surface area contributed by atoms with Crippen molar-refractivity contribution in [2.45, 2.75) is 38.8 Å². The molecule has 2 atom stereocenters. The maximum atomic E-state index is 12.3. The molecule has 0 spiro atoms. The maximum Gasteiger partial charge on any atom is 0.242 e. The first kappa shape index (κ1) is 16.0. The highest BCUT2D eigenvalue weighted by Crippen LogP contribution is 2.41. The molecule has 0 saturated heterocycles. The zero-order valence-electron chi connectivity index (χ0n) is 13.2. The number of nitrogens with zero attached hydrogens (tertiary/aromatic N) is 1. The third-order valence-electron chi connectivity index (χ3n) is 4.02. The van der Waals surface area contributed by atoms with Crippen molar-refractivity contribution in [3.05, 3.63) is 46.7 Å². The topological polar surface area (TPSA) is 67.2 Å². The summed E-state index contributed by atoms with van der Waals surface area (Å²) in [5, 5.41) is 10.7. The molecule has 1 aliphatic rings. The van der Waals surface area contributed by atoms with Crippen LogP contribution in [0.5, 0.6) is 0 Å². The van der Waals surface area contributed by atoms with Crippen LogP contribution in [-0.2, 0) is 4.79 Å². The van der Waals surface area contributed by atoms with Crippen molar-refractivity contribution in [1.82, 2.24) is 10.5 Å². The van der Waals surface area contributed by atoms with E-state index >= 15 is 0 Å². The fourth-order valence-electron chi connectivity index (χ4n) is 2.61. The number of carbonyl (C=O) groups excluding carboxylic acids is 1. The van der Waals surface area contributed by atoms with E-state index in [-0.39, 0.29) is 18.0 Å². The van der Waals surface area contributed by atoms with E-state index in [9.17, 15) is 4.79 Å². The number of aromatic nitrogens is 1. The molecule has 2 aromatic rings. The summed E-state index contributed by atoms with van der Waals surface area (Å²) >= 11 is 5.96. The molecule has 3 rings (SSSR count). The Morgan fingerprint density at radius 2 is 2.04 bits per heavy atom. The molecule has 23 heavy (non-hydrogen) atoms. The Morgan fingerprint density at radius 3 is 2.61 bits per heavy atom. The highest BCUT2D eigenvalue weighted by molar-refractivity contribution is 6.30. The van der Waals surface area contributed by atoms with Crippen LogP contribution in [-0.4, -0.2) is 17.1 Å². The summed E-state index contributed by atoms with van der Waals surface area (Å²) in [6.45, 7) is 3.64. The molecule has 2 N–H and O–H groups in total. The summed E-state index contributed by atoms with van der Waals surface area (Å²) in [4.78, 5) is 12.3. The molecule has 1 aromatic carbocycles. The van der Waals surface area contributed by atoms with Crippen LogP contribution >= 0.6 is 11.6 Å². The second-order valence-corrected chi connectivity index (χ2v) is 6.50. The molecule has 0 bridgehead atoms. The van der Waals surface area contributed by atoms with Gasteiger partial charge in [0.15, 0.2) is 5.82 Å². The molecular weight excluding hydrogens is 314 g/mol. The minimum Gasteiger partial charge on any atom is -0.360 e. The van der Waals surface area contributed by atoms with Gasteiger partial charge in [0.05, 0.1) is 6.04 Å². The average molecular weight is 334 g/mol. The van der Waals surface area contributed by atoms with Crippen molar-refractivity contribution in [2.24, 2.45) is 5.92 Å². The summed E-state index contributed by atoms with van der Waals surface area (Å²) in [6, 6.07) is 9.32. The van der Waals surface area contributed by atoms with Gasteiger partial charge in [0.25, 0.3) is 0 Å². The highest BCUT2D eigenvalue weighted by atomic mass is 35.5. The molecule has 0 aliphatic heterocycles. The Bertz CT molecular complexity index is 679. The molecule has 0 radical (unpaired) electrons. The first-order valence-electron chi connectivity index (χ1n) is 7.78. The van der Waals surface area contributed by atoms with Crippen LogP contribution in [0, 0.1) is 12.8 Å². The van der Waals surface area contributed by atoms with Crippen molar-refractivity contribution in [3.63, 3.8) is 0 Å². The Balaban J connectivity index is 1.65. The highest BCUT2D eigenvalue weighted by Gasteiger charge is 2.34. The number of hydrogen-bond acceptors (Lipinski definition) is 4. The number of nitrogens with one attached hydrogen (secondary N) is 2. The molecular formula is C17H20ClN3O2. The van der Waals surface area contributed by atoms with Gasteiger partial charge in [0.1, 0.15) is 5.76 Å². The van der Waals surface area contributed by atoms with Gasteiger partial charge in [0.2, 0.25) is 5.91 Å². The fraction of sp³-hybridized carbons (Fsp3) is 0.412. The SMILES string of the molecule is Cc1cc(NC(=O)[C@H](C)N[C@H](c2ccc(Cl)cc2)C2CC2)no1. The van der Waals surface area contributed by atoms with Gasteiger partial charge in [-0.3, -0.25) is 10.1 Å². The summed E-state index contributed by atoms with van der Waals surface area (Å²) in [5.74, 6) is 1.55. The minimum atomic E-state index is -0.340. The third kappa shape index (κ3) is 4.12. The van der Waals surface area contributed by atoms with Crippen LogP contribution in [0.1, 0.15) is 37.1 Å². The minimum absolute atomic E-state index is 0.127. The molecule has 0 unspecified atom stereocenters. The van der Waals surface area contributed by atoms with Crippen LogP contribution in [0.25, 0.3) is 0 Å². The molecule has 1 aromatic heterocycles. The van der Waals surface area contributed by atoms with Gasteiger partial charge in [-0.15, -0.1) is 0 Å². The van der Waals surface area contributed by atoms with E-state index in [1.807, 2.05) is 31.2 Å². The first-order valence-corrected chi connectivity index (χ1v) is 8.16. The van der Waals surface area contributed by atoms with E-state index < -0.39 is 0 Å². The molecule has 1 heterocycles. The van der Waals surface area contributed by atoms with Crippen LogP contribution in [0.4, 0.5) is 5.82 Å². The average Bonchev–Trinajstić information content (AvgIpc) is 3.29. The van der Waals surface area contributed by atoms with Crippen LogP contribution in [0.2, 0.25) is 5.02 Å². The number of benzene rings is 1. The van der Waals surface area contributed by atoms with E-state index in [1.165, 1.54) is 12.8 Å². The molecule has 122 valence electrons. The second-order valence-electron chi connectivity index (χ2n) is 6.07. The number of rotatable bonds is 6. The number of amides is 1. The lowest BCUT2D eigenvalue weighted by Gasteiger charge is -2.23. The van der Waals surface area contributed by atoms with Gasteiger partial charge < -0.3 is 9.84 Å². The van der Waals surface area contributed by atoms with E-state index in [0.717, 1.165) is 10.6 Å². The lowest BCUT2D eigenvalue weighted by atomic mass is 10.0. The van der Waals surface area contributed by atoms with Crippen molar-refractivity contribution in [2.75, 3.05) is 5.32 Å². The lowest BCUT2D eigenvalue weighted by molar-refractivity contribution is -0.118. The number of halogens is 1. The summed E-state index contributed by atoms with van der Waals surface area (Å²) in [5.41, 5.74) is 1.16. The fourth-order valence-corrected chi connectivity index (χ4v) is 2.73. The Labute approximate surface area is 140 Å².